The number of aliphatic carboxylic acids is 1. The molecule has 5 nitrogen and oxygen atoms in total. The van der Waals surface area contributed by atoms with Gasteiger partial charge in [-0.25, -0.2) is 4.98 Å². The number of carbonyl (C=O) groups is 2. The maximum Gasteiger partial charge on any atom is 0.306 e. The number of hydrogen-bond donors (Lipinski definition) is 2. The van der Waals surface area contributed by atoms with E-state index in [1.54, 1.807) is 11.3 Å². The van der Waals surface area contributed by atoms with Gasteiger partial charge in [-0.05, 0) is 32.6 Å². The molecule has 1 aromatic heterocycles. The molecule has 21 heavy (non-hydrogen) atoms. The third-order valence-electron chi connectivity index (χ3n) is 4.07. The van der Waals surface area contributed by atoms with Gasteiger partial charge in [-0.15, -0.1) is 11.3 Å². The lowest BCUT2D eigenvalue weighted by Crippen LogP contribution is -2.36. The van der Waals surface area contributed by atoms with Crippen molar-refractivity contribution in [2.24, 2.45) is 11.8 Å². The Labute approximate surface area is 128 Å². The van der Waals surface area contributed by atoms with Gasteiger partial charge in [0.15, 0.2) is 0 Å². The van der Waals surface area contributed by atoms with Gasteiger partial charge < -0.3 is 10.4 Å². The van der Waals surface area contributed by atoms with Crippen LogP contribution in [0, 0.1) is 11.8 Å². The van der Waals surface area contributed by atoms with Gasteiger partial charge in [0.05, 0.1) is 22.7 Å². The fraction of sp³-hybridized carbons (Fsp3) is 0.667. The number of carboxylic acid groups (broad SMARTS) is 1. The second kappa shape index (κ2) is 7.02. The number of nitrogens with one attached hydrogen (secondary N) is 1. The molecule has 3 unspecified atom stereocenters. The van der Waals surface area contributed by atoms with Crippen molar-refractivity contribution in [1.29, 1.82) is 0 Å². The predicted octanol–water partition coefficient (Wildman–Crippen LogP) is 2.77. The standard InChI is InChI=1S/C15H22N2O3S/c1-3-13-17-12(8-21-13)9(2)16-14(18)10-5-4-6-11(7-10)15(19)20/h8-11H,3-7H2,1-2H3,(H,16,18)(H,19,20). The average Bonchev–Trinajstić information content (AvgIpc) is 2.96. The molecule has 1 heterocycles. The van der Waals surface area contributed by atoms with Gasteiger partial charge in [-0.2, -0.15) is 0 Å². The Morgan fingerprint density at radius 2 is 2.19 bits per heavy atom. The van der Waals surface area contributed by atoms with Crippen molar-refractivity contribution in [3.63, 3.8) is 0 Å². The number of carbonyl (C=O) groups excluding carboxylic acids is 1. The summed E-state index contributed by atoms with van der Waals surface area (Å²) in [7, 11) is 0. The zero-order chi connectivity index (χ0) is 15.4. The van der Waals surface area contributed by atoms with Gasteiger partial charge in [0.25, 0.3) is 0 Å². The van der Waals surface area contributed by atoms with Gasteiger partial charge in [-0.1, -0.05) is 13.3 Å². The smallest absolute Gasteiger partial charge is 0.306 e. The van der Waals surface area contributed by atoms with Gasteiger partial charge in [-0.3, -0.25) is 9.59 Å². The minimum absolute atomic E-state index is 0.0421. The highest BCUT2D eigenvalue weighted by Gasteiger charge is 2.31. The molecule has 2 N–H and O–H groups in total. The Morgan fingerprint density at radius 1 is 1.48 bits per heavy atom. The molecule has 0 saturated heterocycles. The Bertz CT molecular complexity index is 515. The number of amides is 1. The van der Waals surface area contributed by atoms with E-state index >= 15 is 0 Å². The van der Waals surface area contributed by atoms with Crippen LogP contribution in [-0.2, 0) is 16.0 Å². The monoisotopic (exact) mass is 310 g/mol. The van der Waals surface area contributed by atoms with Crippen LogP contribution >= 0.6 is 11.3 Å². The fourth-order valence-electron chi connectivity index (χ4n) is 2.74. The first kappa shape index (κ1) is 15.9. The van der Waals surface area contributed by atoms with Crippen molar-refractivity contribution in [3.8, 4) is 0 Å². The summed E-state index contributed by atoms with van der Waals surface area (Å²) in [5.41, 5.74) is 0.885. The minimum Gasteiger partial charge on any atom is -0.481 e. The Balaban J connectivity index is 1.92. The normalized spacial score (nSPS) is 23.5. The highest BCUT2D eigenvalue weighted by molar-refractivity contribution is 7.09. The Hall–Kier alpha value is -1.43. The summed E-state index contributed by atoms with van der Waals surface area (Å²) >= 11 is 1.60. The molecule has 1 aliphatic rings. The van der Waals surface area contributed by atoms with Gasteiger partial charge >= 0.3 is 5.97 Å². The quantitative estimate of drug-likeness (QED) is 0.876. The number of aryl methyl sites for hydroxylation is 1. The van der Waals surface area contributed by atoms with Crippen molar-refractivity contribution in [3.05, 3.63) is 16.1 Å². The summed E-state index contributed by atoms with van der Waals surface area (Å²) in [6, 6.07) is -0.126. The lowest BCUT2D eigenvalue weighted by molar-refractivity contribution is -0.144. The summed E-state index contributed by atoms with van der Waals surface area (Å²) < 4.78 is 0. The molecule has 0 bridgehead atoms. The number of aromatic nitrogens is 1. The minimum atomic E-state index is -0.785. The van der Waals surface area contributed by atoms with Crippen LogP contribution in [0.3, 0.4) is 0 Å². The number of hydrogen-bond acceptors (Lipinski definition) is 4. The van der Waals surface area contributed by atoms with Crippen LogP contribution in [0.5, 0.6) is 0 Å². The zero-order valence-corrected chi connectivity index (χ0v) is 13.3. The van der Waals surface area contributed by atoms with E-state index in [2.05, 4.69) is 17.2 Å². The number of carboxylic acids is 1. The number of nitrogens with zero attached hydrogens (tertiary/aromatic N) is 1. The molecule has 0 aromatic carbocycles. The van der Waals surface area contributed by atoms with E-state index in [1.807, 2.05) is 12.3 Å². The first-order valence-corrected chi connectivity index (χ1v) is 8.36. The molecule has 0 radical (unpaired) electrons. The zero-order valence-electron chi connectivity index (χ0n) is 12.5. The Kier molecular flexibility index (Phi) is 5.33. The van der Waals surface area contributed by atoms with E-state index in [0.717, 1.165) is 30.0 Å². The lowest BCUT2D eigenvalue weighted by atomic mass is 9.81. The predicted molar refractivity (Wildman–Crippen MR) is 81.1 cm³/mol. The molecule has 1 saturated carbocycles. The molecule has 1 amide bonds. The van der Waals surface area contributed by atoms with Crippen molar-refractivity contribution in [1.82, 2.24) is 10.3 Å². The third kappa shape index (κ3) is 4.03. The largest absolute Gasteiger partial charge is 0.481 e. The SMILES string of the molecule is CCc1nc(C(C)NC(=O)C2CCCC(C(=O)O)C2)cs1. The van der Waals surface area contributed by atoms with Gasteiger partial charge in [0, 0.05) is 11.3 Å². The molecule has 0 aliphatic heterocycles. The van der Waals surface area contributed by atoms with E-state index in [-0.39, 0.29) is 23.8 Å². The molecule has 1 aliphatic carbocycles. The van der Waals surface area contributed by atoms with Crippen LogP contribution in [0.25, 0.3) is 0 Å². The number of thiazole rings is 1. The maximum absolute atomic E-state index is 12.3. The van der Waals surface area contributed by atoms with Crippen molar-refractivity contribution >= 4 is 23.2 Å². The average molecular weight is 310 g/mol. The van der Waals surface area contributed by atoms with Crippen LogP contribution in [0.4, 0.5) is 0 Å². The van der Waals surface area contributed by atoms with Crippen LogP contribution in [0.1, 0.15) is 56.3 Å². The molecule has 0 spiro atoms. The highest BCUT2D eigenvalue weighted by Crippen LogP contribution is 2.30. The summed E-state index contributed by atoms with van der Waals surface area (Å²) in [5, 5.41) is 15.1. The van der Waals surface area contributed by atoms with E-state index < -0.39 is 5.97 Å². The van der Waals surface area contributed by atoms with Crippen molar-refractivity contribution in [2.45, 2.75) is 52.0 Å². The molecule has 3 atom stereocenters. The summed E-state index contributed by atoms with van der Waals surface area (Å²) in [6.07, 6.45) is 3.61. The second-order valence-corrected chi connectivity index (χ2v) is 6.59. The summed E-state index contributed by atoms with van der Waals surface area (Å²) in [4.78, 5) is 27.8. The van der Waals surface area contributed by atoms with Crippen LogP contribution < -0.4 is 5.32 Å². The number of rotatable bonds is 5. The third-order valence-corrected chi connectivity index (χ3v) is 5.08. The van der Waals surface area contributed by atoms with Crippen molar-refractivity contribution in [2.75, 3.05) is 0 Å². The fourth-order valence-corrected chi connectivity index (χ4v) is 3.58. The molecule has 1 fully saturated rings. The lowest BCUT2D eigenvalue weighted by Gasteiger charge is -2.26. The molecular weight excluding hydrogens is 288 g/mol. The van der Waals surface area contributed by atoms with Crippen molar-refractivity contribution < 1.29 is 14.7 Å². The van der Waals surface area contributed by atoms with Gasteiger partial charge in [0.2, 0.25) is 5.91 Å². The first-order valence-electron chi connectivity index (χ1n) is 7.48. The van der Waals surface area contributed by atoms with Crippen LogP contribution in [0.15, 0.2) is 5.38 Å². The van der Waals surface area contributed by atoms with Crippen LogP contribution in [0.2, 0.25) is 0 Å². The topological polar surface area (TPSA) is 79.3 Å². The summed E-state index contributed by atoms with van der Waals surface area (Å²) in [6.45, 7) is 3.98. The molecule has 116 valence electrons. The van der Waals surface area contributed by atoms with Crippen LogP contribution in [-0.4, -0.2) is 22.0 Å². The highest BCUT2D eigenvalue weighted by atomic mass is 32.1. The molecule has 6 heteroatoms. The first-order chi connectivity index (χ1) is 10.0. The van der Waals surface area contributed by atoms with E-state index in [1.165, 1.54) is 0 Å². The molecular formula is C15H22N2O3S. The Morgan fingerprint density at radius 3 is 2.81 bits per heavy atom. The molecule has 1 aromatic rings. The van der Waals surface area contributed by atoms with E-state index in [9.17, 15) is 9.59 Å². The van der Waals surface area contributed by atoms with E-state index in [4.69, 9.17) is 5.11 Å². The van der Waals surface area contributed by atoms with Gasteiger partial charge in [0.1, 0.15) is 0 Å². The van der Waals surface area contributed by atoms with E-state index in [0.29, 0.717) is 12.8 Å². The second-order valence-electron chi connectivity index (χ2n) is 5.65. The summed E-state index contributed by atoms with van der Waals surface area (Å²) in [5.74, 6) is -1.39. The molecule has 2 rings (SSSR count). The maximum atomic E-state index is 12.3.